The molecule has 0 bridgehead atoms. The predicted molar refractivity (Wildman–Crippen MR) is 106 cm³/mol. The van der Waals surface area contributed by atoms with E-state index in [9.17, 15) is 4.79 Å². The van der Waals surface area contributed by atoms with Gasteiger partial charge in [0, 0.05) is 17.7 Å². The van der Waals surface area contributed by atoms with E-state index in [4.69, 9.17) is 0 Å². The molecule has 0 saturated heterocycles. The van der Waals surface area contributed by atoms with Gasteiger partial charge in [-0.1, -0.05) is 37.5 Å². The number of H-pyrrole nitrogens is 1. The molecule has 8 heteroatoms. The van der Waals surface area contributed by atoms with Crippen molar-refractivity contribution in [3.05, 3.63) is 28.7 Å². The zero-order valence-electron chi connectivity index (χ0n) is 15.9. The van der Waals surface area contributed by atoms with E-state index in [0.717, 1.165) is 27.3 Å². The summed E-state index contributed by atoms with van der Waals surface area (Å²) in [7, 11) is 0. The summed E-state index contributed by atoms with van der Waals surface area (Å²) in [4.78, 5) is 17.6. The lowest BCUT2D eigenvalue weighted by molar-refractivity contribution is -0.115. The number of aromatic nitrogens is 5. The maximum Gasteiger partial charge on any atom is 0.231 e. The molecule has 0 unspecified atom stereocenters. The van der Waals surface area contributed by atoms with E-state index < -0.39 is 0 Å². The SMILES string of the molecule is CCCC[C@@H]1CC[C@H](c2cc(NC(=O)Cc3cn4nc(C)sc4n3)n[nH]2)C1. The zero-order chi connectivity index (χ0) is 18.8. The maximum atomic E-state index is 12.3. The van der Waals surface area contributed by atoms with E-state index in [1.807, 2.05) is 19.2 Å². The molecule has 0 radical (unpaired) electrons. The number of rotatable bonds is 7. The van der Waals surface area contributed by atoms with Crippen molar-refractivity contribution in [2.24, 2.45) is 5.92 Å². The number of unbranched alkanes of at least 4 members (excludes halogenated alkanes) is 1. The second kappa shape index (κ2) is 7.80. The van der Waals surface area contributed by atoms with Gasteiger partial charge in [-0.05, 0) is 32.1 Å². The van der Waals surface area contributed by atoms with Crippen LogP contribution in [0.25, 0.3) is 4.96 Å². The number of aryl methyl sites for hydroxylation is 1. The molecule has 1 fully saturated rings. The summed E-state index contributed by atoms with van der Waals surface area (Å²) in [6.07, 6.45) is 9.70. The third kappa shape index (κ3) is 4.21. The molecule has 0 spiro atoms. The highest BCUT2D eigenvalue weighted by Gasteiger charge is 2.27. The summed E-state index contributed by atoms with van der Waals surface area (Å²) in [5.74, 6) is 1.87. The van der Waals surface area contributed by atoms with Crippen molar-refractivity contribution in [3.8, 4) is 0 Å². The molecule has 2 N–H and O–H groups in total. The standard InChI is InChI=1S/C19H26N6OS/c1-3-4-5-13-6-7-14(8-13)16-10-17(23-22-16)21-18(26)9-15-11-25-19(20-15)27-12(2)24-25/h10-11,13-14H,3-9H2,1-2H3,(H2,21,22,23,26)/t13-,14+/m1/s1. The van der Waals surface area contributed by atoms with Crippen molar-refractivity contribution in [1.29, 1.82) is 0 Å². The van der Waals surface area contributed by atoms with Gasteiger partial charge in [-0.25, -0.2) is 9.50 Å². The summed E-state index contributed by atoms with van der Waals surface area (Å²) in [5, 5.41) is 15.6. The Morgan fingerprint density at radius 3 is 3.15 bits per heavy atom. The normalized spacial score (nSPS) is 19.8. The molecule has 1 aliphatic carbocycles. The molecule has 2 atom stereocenters. The van der Waals surface area contributed by atoms with Gasteiger partial charge in [-0.15, -0.1) is 0 Å². The lowest BCUT2D eigenvalue weighted by Crippen LogP contribution is -2.14. The van der Waals surface area contributed by atoms with Crippen molar-refractivity contribution in [3.63, 3.8) is 0 Å². The van der Waals surface area contributed by atoms with Gasteiger partial charge in [0.05, 0.1) is 18.3 Å². The van der Waals surface area contributed by atoms with Crippen LogP contribution >= 0.6 is 11.3 Å². The van der Waals surface area contributed by atoms with E-state index in [1.165, 1.54) is 49.9 Å². The minimum atomic E-state index is -0.109. The van der Waals surface area contributed by atoms with Gasteiger partial charge >= 0.3 is 0 Å². The van der Waals surface area contributed by atoms with Crippen LogP contribution in [0.2, 0.25) is 0 Å². The molecule has 27 heavy (non-hydrogen) atoms. The smallest absolute Gasteiger partial charge is 0.231 e. The van der Waals surface area contributed by atoms with Gasteiger partial charge in [0.2, 0.25) is 10.9 Å². The van der Waals surface area contributed by atoms with Crippen LogP contribution in [0, 0.1) is 12.8 Å². The van der Waals surface area contributed by atoms with E-state index in [2.05, 4.69) is 32.5 Å². The number of amides is 1. The molecule has 3 aromatic rings. The second-order valence-electron chi connectivity index (χ2n) is 7.53. The van der Waals surface area contributed by atoms with Crippen LogP contribution in [0.1, 0.15) is 67.8 Å². The van der Waals surface area contributed by atoms with Gasteiger partial charge in [-0.3, -0.25) is 9.89 Å². The molecule has 144 valence electrons. The largest absolute Gasteiger partial charge is 0.309 e. The van der Waals surface area contributed by atoms with Gasteiger partial charge < -0.3 is 5.32 Å². The number of aromatic amines is 1. The van der Waals surface area contributed by atoms with Crippen LogP contribution in [-0.4, -0.2) is 30.7 Å². The number of anilines is 1. The van der Waals surface area contributed by atoms with Crippen LogP contribution in [0.5, 0.6) is 0 Å². The molecule has 4 rings (SSSR count). The monoisotopic (exact) mass is 386 g/mol. The molecule has 7 nitrogen and oxygen atoms in total. The van der Waals surface area contributed by atoms with Crippen molar-refractivity contribution in [2.45, 2.75) is 64.7 Å². The van der Waals surface area contributed by atoms with Crippen LogP contribution in [0.4, 0.5) is 5.82 Å². The summed E-state index contributed by atoms with van der Waals surface area (Å²) >= 11 is 1.52. The second-order valence-corrected chi connectivity index (χ2v) is 8.69. The third-order valence-corrected chi connectivity index (χ3v) is 6.19. The van der Waals surface area contributed by atoms with Gasteiger partial charge in [-0.2, -0.15) is 10.2 Å². The Kier molecular flexibility index (Phi) is 5.24. The van der Waals surface area contributed by atoms with E-state index in [0.29, 0.717) is 11.7 Å². The molecular weight excluding hydrogens is 360 g/mol. The highest BCUT2D eigenvalue weighted by Crippen LogP contribution is 2.40. The van der Waals surface area contributed by atoms with Crippen LogP contribution < -0.4 is 5.32 Å². The highest BCUT2D eigenvalue weighted by molar-refractivity contribution is 7.16. The van der Waals surface area contributed by atoms with Crippen LogP contribution in [-0.2, 0) is 11.2 Å². The third-order valence-electron chi connectivity index (χ3n) is 5.35. The Bertz CT molecular complexity index is 894. The van der Waals surface area contributed by atoms with Crippen molar-refractivity contribution in [1.82, 2.24) is 24.8 Å². The Labute approximate surface area is 162 Å². The topological polar surface area (TPSA) is 88.0 Å². The molecule has 0 aromatic carbocycles. The molecule has 1 aliphatic rings. The van der Waals surface area contributed by atoms with E-state index in [-0.39, 0.29) is 12.3 Å². The Morgan fingerprint density at radius 2 is 2.33 bits per heavy atom. The van der Waals surface area contributed by atoms with Gasteiger partial charge in [0.15, 0.2) is 5.82 Å². The van der Waals surface area contributed by atoms with E-state index >= 15 is 0 Å². The zero-order valence-corrected chi connectivity index (χ0v) is 16.7. The quantitative estimate of drug-likeness (QED) is 0.640. The van der Waals surface area contributed by atoms with E-state index in [1.54, 1.807) is 4.52 Å². The fourth-order valence-corrected chi connectivity index (χ4v) is 4.75. The minimum Gasteiger partial charge on any atom is -0.309 e. The fraction of sp³-hybridized carbons (Fsp3) is 0.579. The lowest BCUT2D eigenvalue weighted by atomic mass is 9.98. The predicted octanol–water partition coefficient (Wildman–Crippen LogP) is 4.08. The first-order valence-corrected chi connectivity index (χ1v) is 10.6. The van der Waals surface area contributed by atoms with Crippen LogP contribution in [0.15, 0.2) is 12.3 Å². The number of hydrogen-bond acceptors (Lipinski definition) is 5. The fourth-order valence-electron chi connectivity index (χ4n) is 4.00. The molecule has 1 saturated carbocycles. The molecule has 1 amide bonds. The van der Waals surface area contributed by atoms with Crippen LogP contribution in [0.3, 0.4) is 0 Å². The number of carbonyl (C=O) groups excluding carboxylic acids is 1. The number of fused-ring (bicyclic) bond motifs is 1. The maximum absolute atomic E-state index is 12.3. The number of nitrogens with one attached hydrogen (secondary N) is 2. The number of hydrogen-bond donors (Lipinski definition) is 2. The highest BCUT2D eigenvalue weighted by atomic mass is 32.1. The lowest BCUT2D eigenvalue weighted by Gasteiger charge is -2.09. The Morgan fingerprint density at radius 1 is 1.44 bits per heavy atom. The first kappa shape index (κ1) is 18.2. The first-order valence-electron chi connectivity index (χ1n) is 9.77. The number of nitrogens with zero attached hydrogens (tertiary/aromatic N) is 4. The summed E-state index contributed by atoms with van der Waals surface area (Å²) in [5.41, 5.74) is 1.86. The van der Waals surface area contributed by atoms with Crippen molar-refractivity contribution in [2.75, 3.05) is 5.32 Å². The van der Waals surface area contributed by atoms with Crippen molar-refractivity contribution >= 4 is 28.0 Å². The first-order chi connectivity index (χ1) is 13.1. The average molecular weight is 387 g/mol. The summed E-state index contributed by atoms with van der Waals surface area (Å²) < 4.78 is 1.73. The molecule has 0 aliphatic heterocycles. The Balaban J connectivity index is 1.32. The molecular formula is C19H26N6OS. The molecule has 3 heterocycles. The minimum absolute atomic E-state index is 0.109. The van der Waals surface area contributed by atoms with Gasteiger partial charge in [0.25, 0.3) is 0 Å². The number of imidazole rings is 1. The van der Waals surface area contributed by atoms with Gasteiger partial charge in [0.1, 0.15) is 5.01 Å². The number of carbonyl (C=O) groups is 1. The average Bonchev–Trinajstić information content (AvgIpc) is 3.36. The summed E-state index contributed by atoms with van der Waals surface area (Å²) in [6.45, 7) is 4.19. The van der Waals surface area contributed by atoms with Crippen molar-refractivity contribution < 1.29 is 4.79 Å². The molecule has 3 aromatic heterocycles. The Hall–Kier alpha value is -2.22. The summed E-state index contributed by atoms with van der Waals surface area (Å²) in [6, 6.07) is 1.99.